The second-order valence-corrected chi connectivity index (χ2v) is 6.33. The largest absolute Gasteiger partial charge is 0.502 e. The molecule has 6 heteroatoms. The van der Waals surface area contributed by atoms with Gasteiger partial charge in [0.15, 0.2) is 5.76 Å². The van der Waals surface area contributed by atoms with E-state index in [-0.39, 0.29) is 21.3 Å². The zero-order valence-corrected chi connectivity index (χ0v) is 14.4. The maximum absolute atomic E-state index is 12.8. The SMILES string of the molecule is Cc1ccc(C2=C(O)C(=O)N(c3cccc(Cl)c3Cl)C2=O)cc1C. The number of carbonyl (C=O) groups excluding carboxylic acids is 2. The number of hydrogen-bond acceptors (Lipinski definition) is 3. The molecule has 0 unspecified atom stereocenters. The number of amides is 2. The van der Waals surface area contributed by atoms with Gasteiger partial charge in [-0.1, -0.05) is 47.5 Å². The van der Waals surface area contributed by atoms with Crippen LogP contribution in [0.1, 0.15) is 16.7 Å². The first-order valence-corrected chi connectivity index (χ1v) is 7.92. The lowest BCUT2D eigenvalue weighted by Crippen LogP contribution is -2.31. The van der Waals surface area contributed by atoms with Crippen LogP contribution in [-0.4, -0.2) is 16.9 Å². The lowest BCUT2D eigenvalue weighted by molar-refractivity contribution is -0.121. The van der Waals surface area contributed by atoms with Crippen LogP contribution in [0, 0.1) is 13.8 Å². The molecule has 122 valence electrons. The summed E-state index contributed by atoms with van der Waals surface area (Å²) in [4.78, 5) is 26.0. The topological polar surface area (TPSA) is 57.6 Å². The number of aliphatic hydroxyl groups excluding tert-OH is 1. The number of hydrogen-bond donors (Lipinski definition) is 1. The van der Waals surface area contributed by atoms with Crippen molar-refractivity contribution in [2.75, 3.05) is 4.90 Å². The van der Waals surface area contributed by atoms with Crippen LogP contribution in [0.5, 0.6) is 0 Å². The maximum atomic E-state index is 12.8. The molecule has 1 heterocycles. The molecule has 0 atom stereocenters. The second kappa shape index (κ2) is 5.96. The molecule has 0 radical (unpaired) electrons. The lowest BCUT2D eigenvalue weighted by atomic mass is 10.00. The molecule has 3 rings (SSSR count). The third-order valence-corrected chi connectivity index (χ3v) is 4.84. The van der Waals surface area contributed by atoms with Crippen molar-refractivity contribution in [1.82, 2.24) is 0 Å². The smallest absolute Gasteiger partial charge is 0.301 e. The number of rotatable bonds is 2. The van der Waals surface area contributed by atoms with Crippen LogP contribution in [-0.2, 0) is 9.59 Å². The van der Waals surface area contributed by atoms with E-state index in [1.807, 2.05) is 19.9 Å². The Labute approximate surface area is 148 Å². The molecule has 2 aromatic rings. The number of imide groups is 1. The number of aryl methyl sites for hydroxylation is 2. The highest BCUT2D eigenvalue weighted by molar-refractivity contribution is 6.49. The molecule has 0 fully saturated rings. The van der Waals surface area contributed by atoms with Crippen LogP contribution in [0.15, 0.2) is 42.2 Å². The van der Waals surface area contributed by atoms with Crippen molar-refractivity contribution < 1.29 is 14.7 Å². The van der Waals surface area contributed by atoms with Crippen LogP contribution in [0.25, 0.3) is 5.57 Å². The summed E-state index contributed by atoms with van der Waals surface area (Å²) in [5.74, 6) is -2.05. The number of nitrogens with zero attached hydrogens (tertiary/aromatic N) is 1. The van der Waals surface area contributed by atoms with Gasteiger partial charge < -0.3 is 5.11 Å². The number of carbonyl (C=O) groups is 2. The Morgan fingerprint density at radius 3 is 2.33 bits per heavy atom. The number of halogens is 2. The van der Waals surface area contributed by atoms with Gasteiger partial charge in [-0.25, -0.2) is 4.90 Å². The summed E-state index contributed by atoms with van der Waals surface area (Å²) < 4.78 is 0. The van der Waals surface area contributed by atoms with Gasteiger partial charge in [0, 0.05) is 0 Å². The average molecular weight is 362 g/mol. The van der Waals surface area contributed by atoms with Crippen molar-refractivity contribution in [1.29, 1.82) is 0 Å². The molecule has 0 aromatic heterocycles. The van der Waals surface area contributed by atoms with Crippen LogP contribution in [0.3, 0.4) is 0 Å². The third-order valence-electron chi connectivity index (χ3n) is 4.03. The van der Waals surface area contributed by atoms with E-state index in [0.29, 0.717) is 5.56 Å². The van der Waals surface area contributed by atoms with E-state index in [4.69, 9.17) is 23.2 Å². The van der Waals surface area contributed by atoms with Crippen molar-refractivity contribution in [2.45, 2.75) is 13.8 Å². The standard InChI is InChI=1S/C18H13Cl2NO3/c1-9-6-7-11(8-10(9)2)14-16(22)18(24)21(17(14)23)13-5-3-4-12(19)15(13)20/h3-8,22H,1-2H3. The van der Waals surface area contributed by atoms with Gasteiger partial charge in [-0.3, -0.25) is 9.59 Å². The van der Waals surface area contributed by atoms with Crippen molar-refractivity contribution in [3.63, 3.8) is 0 Å². The second-order valence-electron chi connectivity index (χ2n) is 5.54. The quantitative estimate of drug-likeness (QED) is 0.803. The zero-order chi connectivity index (χ0) is 17.6. The van der Waals surface area contributed by atoms with Gasteiger partial charge in [0.05, 0.1) is 21.3 Å². The molecule has 0 saturated carbocycles. The minimum atomic E-state index is -0.822. The van der Waals surface area contributed by atoms with Gasteiger partial charge in [-0.2, -0.15) is 0 Å². The molecule has 0 aliphatic carbocycles. The summed E-state index contributed by atoms with van der Waals surface area (Å²) in [5, 5.41) is 10.5. The Morgan fingerprint density at radius 1 is 0.958 bits per heavy atom. The summed E-state index contributed by atoms with van der Waals surface area (Å²) in [6.45, 7) is 3.83. The summed E-state index contributed by atoms with van der Waals surface area (Å²) in [7, 11) is 0. The highest BCUT2D eigenvalue weighted by atomic mass is 35.5. The summed E-state index contributed by atoms with van der Waals surface area (Å²) in [6, 6.07) is 9.92. The van der Waals surface area contributed by atoms with Crippen molar-refractivity contribution in [3.8, 4) is 0 Å². The first kappa shape index (κ1) is 16.6. The van der Waals surface area contributed by atoms with Crippen LogP contribution >= 0.6 is 23.2 Å². The normalized spacial score (nSPS) is 14.8. The summed E-state index contributed by atoms with van der Waals surface area (Å²) in [5.41, 5.74) is 2.58. The average Bonchev–Trinajstić information content (AvgIpc) is 2.76. The highest BCUT2D eigenvalue weighted by Crippen LogP contribution is 2.38. The van der Waals surface area contributed by atoms with E-state index in [2.05, 4.69) is 0 Å². The maximum Gasteiger partial charge on any atom is 0.301 e. The predicted octanol–water partition coefficient (Wildman–Crippen LogP) is 4.45. The number of aliphatic hydroxyl groups is 1. The van der Waals surface area contributed by atoms with Gasteiger partial charge in [-0.15, -0.1) is 0 Å². The fourth-order valence-electron chi connectivity index (χ4n) is 2.56. The van der Waals surface area contributed by atoms with E-state index in [9.17, 15) is 14.7 Å². The van der Waals surface area contributed by atoms with Crippen molar-refractivity contribution in [3.05, 3.63) is 68.9 Å². The molecular formula is C18H13Cl2NO3. The molecule has 2 amide bonds. The number of anilines is 1. The summed E-state index contributed by atoms with van der Waals surface area (Å²) in [6.07, 6.45) is 0. The monoisotopic (exact) mass is 361 g/mol. The molecule has 0 spiro atoms. The van der Waals surface area contributed by atoms with E-state index in [1.165, 1.54) is 6.07 Å². The van der Waals surface area contributed by atoms with Gasteiger partial charge in [-0.05, 0) is 42.7 Å². The van der Waals surface area contributed by atoms with E-state index in [0.717, 1.165) is 16.0 Å². The lowest BCUT2D eigenvalue weighted by Gasteiger charge is -2.16. The van der Waals surface area contributed by atoms with Crippen LogP contribution in [0.4, 0.5) is 5.69 Å². The third kappa shape index (κ3) is 2.48. The molecule has 1 N–H and O–H groups in total. The van der Waals surface area contributed by atoms with Gasteiger partial charge in [0.25, 0.3) is 5.91 Å². The molecule has 0 bridgehead atoms. The molecule has 0 saturated heterocycles. The Morgan fingerprint density at radius 2 is 1.67 bits per heavy atom. The van der Waals surface area contributed by atoms with E-state index >= 15 is 0 Å². The molecule has 2 aromatic carbocycles. The molecule has 4 nitrogen and oxygen atoms in total. The predicted molar refractivity (Wildman–Crippen MR) is 94.4 cm³/mol. The fourth-order valence-corrected chi connectivity index (χ4v) is 2.94. The first-order valence-electron chi connectivity index (χ1n) is 7.16. The van der Waals surface area contributed by atoms with Gasteiger partial charge in [0.2, 0.25) is 0 Å². The van der Waals surface area contributed by atoms with Crippen molar-refractivity contribution >= 4 is 46.3 Å². The van der Waals surface area contributed by atoms with Crippen molar-refractivity contribution in [2.24, 2.45) is 0 Å². The zero-order valence-electron chi connectivity index (χ0n) is 12.9. The molecule has 1 aliphatic rings. The Kier molecular flexibility index (Phi) is 4.11. The van der Waals surface area contributed by atoms with Gasteiger partial charge in [0.1, 0.15) is 0 Å². The molecule has 1 aliphatic heterocycles. The Balaban J connectivity index is 2.11. The first-order chi connectivity index (χ1) is 11.3. The van der Waals surface area contributed by atoms with Gasteiger partial charge >= 0.3 is 5.91 Å². The molecule has 24 heavy (non-hydrogen) atoms. The van der Waals surface area contributed by atoms with E-state index in [1.54, 1.807) is 24.3 Å². The van der Waals surface area contributed by atoms with Crippen LogP contribution < -0.4 is 4.90 Å². The highest BCUT2D eigenvalue weighted by Gasteiger charge is 2.41. The minimum Gasteiger partial charge on any atom is -0.502 e. The Bertz CT molecular complexity index is 918. The molecular weight excluding hydrogens is 349 g/mol. The summed E-state index contributed by atoms with van der Waals surface area (Å²) >= 11 is 12.1. The number of benzene rings is 2. The fraction of sp³-hybridized carbons (Fsp3) is 0.111. The van der Waals surface area contributed by atoms with Crippen LogP contribution in [0.2, 0.25) is 10.0 Å². The minimum absolute atomic E-state index is 0.0425. The Hall–Kier alpha value is -2.30. The van der Waals surface area contributed by atoms with E-state index < -0.39 is 17.6 Å².